The summed E-state index contributed by atoms with van der Waals surface area (Å²) >= 11 is 0. The number of para-hydroxylation sites is 1. The Morgan fingerprint density at radius 2 is 1.56 bits per heavy atom. The third-order valence-corrected chi connectivity index (χ3v) is 7.75. The van der Waals surface area contributed by atoms with E-state index in [0.717, 1.165) is 16.7 Å². The number of aliphatic hydroxyl groups is 1. The average Bonchev–Trinajstić information content (AvgIpc) is 3.48. The van der Waals surface area contributed by atoms with E-state index >= 15 is 0 Å². The number of carbonyl (C=O) groups excluding carboxylic acids is 1. The first kappa shape index (κ1) is 25.0. The maximum Gasteiger partial charge on any atom is 0.268 e. The zero-order chi connectivity index (χ0) is 28.1. The molecule has 2 aliphatic heterocycles. The van der Waals surface area contributed by atoms with Crippen LogP contribution in [0.25, 0.3) is 11.0 Å². The highest BCUT2D eigenvalue weighted by molar-refractivity contribution is 6.09. The second kappa shape index (κ2) is 9.57. The fourth-order valence-corrected chi connectivity index (χ4v) is 5.73. The minimum absolute atomic E-state index is 0.0774. The zero-order valence-electron chi connectivity index (χ0n) is 22.3. The molecule has 0 saturated carbocycles. The summed E-state index contributed by atoms with van der Waals surface area (Å²) in [5.74, 6) is -0.368. The largest absolute Gasteiger partial charge is 0.463 e. The molecule has 3 heterocycles. The van der Waals surface area contributed by atoms with E-state index in [1.165, 1.54) is 0 Å². The third kappa shape index (κ3) is 3.97. The SMILES string of the molecule is Cc1ccc2oc3c(c(=O)c2c1)[C@@H]([C@]1(O)C(=O)N(Cc2ccccc2)c2ccccc21)OC3=NCc1ccccc1. The molecule has 0 unspecified atom stereocenters. The number of hydrogen-bond donors (Lipinski definition) is 1. The summed E-state index contributed by atoms with van der Waals surface area (Å²) in [7, 11) is 0. The van der Waals surface area contributed by atoms with Gasteiger partial charge < -0.3 is 19.2 Å². The lowest BCUT2D eigenvalue weighted by Crippen LogP contribution is -2.45. The number of aliphatic imine (C=N–C) groups is 1. The van der Waals surface area contributed by atoms with Crippen LogP contribution < -0.4 is 10.3 Å². The van der Waals surface area contributed by atoms with Crippen LogP contribution in [0.1, 0.15) is 39.7 Å². The average molecular weight is 543 g/mol. The number of nitrogens with zero attached hydrogens (tertiary/aromatic N) is 2. The second-order valence-electron chi connectivity index (χ2n) is 10.4. The number of aryl methyl sites for hydroxylation is 1. The predicted molar refractivity (Wildman–Crippen MR) is 156 cm³/mol. The van der Waals surface area contributed by atoms with Crippen LogP contribution in [-0.2, 0) is 28.2 Å². The molecule has 2 atom stereocenters. The second-order valence-corrected chi connectivity index (χ2v) is 10.4. The maximum atomic E-state index is 14.2. The minimum atomic E-state index is -2.18. The molecular weight excluding hydrogens is 516 g/mol. The molecule has 1 N–H and O–H groups in total. The van der Waals surface area contributed by atoms with Crippen LogP contribution in [0.15, 0.2) is 117 Å². The molecule has 1 aromatic heterocycles. The van der Waals surface area contributed by atoms with Crippen molar-refractivity contribution >= 4 is 28.5 Å². The van der Waals surface area contributed by atoms with Gasteiger partial charge >= 0.3 is 0 Å². The molecule has 0 aliphatic carbocycles. The number of carbonyl (C=O) groups is 1. The summed E-state index contributed by atoms with van der Waals surface area (Å²) in [4.78, 5) is 34.5. The van der Waals surface area contributed by atoms with Crippen LogP contribution in [0.2, 0.25) is 0 Å². The molecular formula is C34H26N2O5. The molecule has 0 fully saturated rings. The van der Waals surface area contributed by atoms with Crippen molar-refractivity contribution in [3.8, 4) is 0 Å². The first-order chi connectivity index (χ1) is 19.9. The molecule has 0 bridgehead atoms. The van der Waals surface area contributed by atoms with Crippen LogP contribution in [0.5, 0.6) is 0 Å². The lowest BCUT2D eigenvalue weighted by molar-refractivity contribution is -0.148. The van der Waals surface area contributed by atoms with Crippen molar-refractivity contribution in [2.24, 2.45) is 4.99 Å². The number of ether oxygens (including phenoxy) is 1. The Morgan fingerprint density at radius 1 is 0.878 bits per heavy atom. The van der Waals surface area contributed by atoms with E-state index in [0.29, 0.717) is 22.2 Å². The lowest BCUT2D eigenvalue weighted by Gasteiger charge is -2.28. The van der Waals surface area contributed by atoms with Crippen molar-refractivity contribution in [2.45, 2.75) is 31.7 Å². The summed E-state index contributed by atoms with van der Waals surface area (Å²) in [5, 5.41) is 12.8. The van der Waals surface area contributed by atoms with Gasteiger partial charge in [0, 0.05) is 5.56 Å². The van der Waals surface area contributed by atoms with Crippen molar-refractivity contribution in [3.05, 3.63) is 147 Å². The molecule has 5 aromatic rings. The van der Waals surface area contributed by atoms with Gasteiger partial charge in [-0.05, 0) is 36.2 Å². The number of amides is 1. The lowest BCUT2D eigenvalue weighted by atomic mass is 9.85. The van der Waals surface area contributed by atoms with Crippen molar-refractivity contribution in [2.75, 3.05) is 4.90 Å². The van der Waals surface area contributed by atoms with Gasteiger partial charge in [0.05, 0.1) is 29.7 Å². The van der Waals surface area contributed by atoms with E-state index in [4.69, 9.17) is 9.15 Å². The molecule has 7 heteroatoms. The molecule has 2 aliphatic rings. The van der Waals surface area contributed by atoms with Gasteiger partial charge in [-0.25, -0.2) is 4.99 Å². The van der Waals surface area contributed by atoms with Crippen LogP contribution in [0, 0.1) is 6.92 Å². The molecule has 7 rings (SSSR count). The summed E-state index contributed by atoms with van der Waals surface area (Å²) in [6.07, 6.45) is -1.36. The van der Waals surface area contributed by atoms with Crippen LogP contribution in [-0.4, -0.2) is 16.9 Å². The highest BCUT2D eigenvalue weighted by Gasteiger charge is 2.60. The molecule has 0 radical (unpaired) electrons. The highest BCUT2D eigenvalue weighted by atomic mass is 16.5. The standard InChI is InChI=1S/C34H26N2O5/c1-21-16-17-27-24(18-21)29(37)28-30(40-27)32(35-19-22-10-4-2-5-11-22)41-31(28)34(39)25-14-8-9-15-26(25)36(33(34)38)20-23-12-6-3-7-13-23/h2-18,31,39H,19-20H2,1H3/t31-,34-/m0/s1. The van der Waals surface area contributed by atoms with Gasteiger partial charge in [0.2, 0.25) is 11.0 Å². The topological polar surface area (TPSA) is 92.3 Å². The smallest absolute Gasteiger partial charge is 0.268 e. The number of anilines is 1. The summed E-state index contributed by atoms with van der Waals surface area (Å²) < 4.78 is 12.5. The van der Waals surface area contributed by atoms with Crippen molar-refractivity contribution in [1.82, 2.24) is 0 Å². The molecule has 0 saturated heterocycles. The number of fused-ring (bicyclic) bond motifs is 3. The Morgan fingerprint density at radius 3 is 2.32 bits per heavy atom. The van der Waals surface area contributed by atoms with E-state index in [-0.39, 0.29) is 35.7 Å². The molecule has 7 nitrogen and oxygen atoms in total. The van der Waals surface area contributed by atoms with E-state index in [1.807, 2.05) is 79.7 Å². The number of benzene rings is 4. The van der Waals surface area contributed by atoms with Crippen LogP contribution >= 0.6 is 0 Å². The van der Waals surface area contributed by atoms with Gasteiger partial charge in [0.25, 0.3) is 11.8 Å². The summed E-state index contributed by atoms with van der Waals surface area (Å²) in [6.45, 7) is 2.40. The number of hydrogen-bond acceptors (Lipinski definition) is 6. The fraction of sp³-hybridized carbons (Fsp3) is 0.147. The van der Waals surface area contributed by atoms with Gasteiger partial charge in [-0.15, -0.1) is 0 Å². The van der Waals surface area contributed by atoms with Crippen LogP contribution in [0.4, 0.5) is 5.69 Å². The van der Waals surface area contributed by atoms with E-state index in [1.54, 1.807) is 35.2 Å². The number of rotatable bonds is 5. The van der Waals surface area contributed by atoms with E-state index < -0.39 is 17.6 Å². The quantitative estimate of drug-likeness (QED) is 0.314. The molecule has 0 spiro atoms. The summed E-state index contributed by atoms with van der Waals surface area (Å²) in [6, 6.07) is 31.6. The Balaban J connectivity index is 1.40. The van der Waals surface area contributed by atoms with Gasteiger partial charge in [-0.2, -0.15) is 0 Å². The summed E-state index contributed by atoms with van der Waals surface area (Å²) in [5.41, 5.74) is 1.56. The fourth-order valence-electron chi connectivity index (χ4n) is 5.73. The van der Waals surface area contributed by atoms with E-state index in [2.05, 4.69) is 4.99 Å². The van der Waals surface area contributed by atoms with E-state index in [9.17, 15) is 14.7 Å². The normalized spacial score (nSPS) is 20.3. The Labute approximate surface area is 236 Å². The first-order valence-electron chi connectivity index (χ1n) is 13.5. The van der Waals surface area contributed by atoms with Gasteiger partial charge in [0.1, 0.15) is 5.58 Å². The third-order valence-electron chi connectivity index (χ3n) is 7.75. The van der Waals surface area contributed by atoms with Crippen LogP contribution in [0.3, 0.4) is 0 Å². The van der Waals surface area contributed by atoms with Crippen molar-refractivity contribution in [3.63, 3.8) is 0 Å². The predicted octanol–water partition coefficient (Wildman–Crippen LogP) is 5.55. The van der Waals surface area contributed by atoms with Gasteiger partial charge in [-0.1, -0.05) is 90.5 Å². The monoisotopic (exact) mass is 542 g/mol. The molecule has 1 amide bonds. The zero-order valence-corrected chi connectivity index (χ0v) is 22.3. The molecule has 4 aromatic carbocycles. The Bertz CT molecular complexity index is 1900. The van der Waals surface area contributed by atoms with Crippen molar-refractivity contribution < 1.29 is 19.1 Å². The minimum Gasteiger partial charge on any atom is -0.463 e. The van der Waals surface area contributed by atoms with Gasteiger partial charge in [0.15, 0.2) is 11.9 Å². The maximum absolute atomic E-state index is 14.2. The molecule has 202 valence electrons. The molecule has 41 heavy (non-hydrogen) atoms. The Hall–Kier alpha value is -5.01. The Kier molecular flexibility index (Phi) is 5.83. The first-order valence-corrected chi connectivity index (χ1v) is 13.5. The highest BCUT2D eigenvalue weighted by Crippen LogP contribution is 2.51. The van der Waals surface area contributed by atoms with Gasteiger partial charge in [-0.3, -0.25) is 9.59 Å². The van der Waals surface area contributed by atoms with Crippen molar-refractivity contribution in [1.29, 1.82) is 0 Å².